The first-order chi connectivity index (χ1) is 6.72. The number of nitrogens with one attached hydrogen (secondary N) is 1. The highest BCUT2D eigenvalue weighted by Crippen LogP contribution is 2.08. The molecule has 0 aliphatic heterocycles. The smallest absolute Gasteiger partial charge is 0.0940 e. The van der Waals surface area contributed by atoms with Crippen LogP contribution in [0, 0.1) is 6.92 Å². The number of aromatic nitrogens is 1. The van der Waals surface area contributed by atoms with E-state index < -0.39 is 0 Å². The van der Waals surface area contributed by atoms with Crippen molar-refractivity contribution in [3.63, 3.8) is 0 Å². The standard InChI is InChI=1S/C10H19N3S/c1-3-9(11)6-12-5-4-10-13-8(2)7-14-10/h7,9,12H,3-6,11H2,1-2H3. The Labute approximate surface area is 89.7 Å². The average Bonchev–Trinajstić information content (AvgIpc) is 2.58. The summed E-state index contributed by atoms with van der Waals surface area (Å²) in [7, 11) is 0. The van der Waals surface area contributed by atoms with Gasteiger partial charge in [-0.25, -0.2) is 4.98 Å². The predicted octanol–water partition coefficient (Wildman–Crippen LogP) is 1.32. The van der Waals surface area contributed by atoms with E-state index in [-0.39, 0.29) is 6.04 Å². The maximum atomic E-state index is 5.78. The van der Waals surface area contributed by atoms with Crippen LogP contribution >= 0.6 is 11.3 Å². The number of thiazole rings is 1. The molecule has 0 fully saturated rings. The lowest BCUT2D eigenvalue weighted by Crippen LogP contribution is -2.34. The number of rotatable bonds is 6. The molecule has 1 unspecified atom stereocenters. The maximum Gasteiger partial charge on any atom is 0.0940 e. The first-order valence-corrected chi connectivity index (χ1v) is 5.97. The van der Waals surface area contributed by atoms with Crippen molar-refractivity contribution in [2.24, 2.45) is 5.73 Å². The summed E-state index contributed by atoms with van der Waals surface area (Å²) < 4.78 is 0. The molecule has 14 heavy (non-hydrogen) atoms. The number of nitrogens with two attached hydrogens (primary N) is 1. The number of aryl methyl sites for hydroxylation is 1. The van der Waals surface area contributed by atoms with Crippen molar-refractivity contribution in [2.75, 3.05) is 13.1 Å². The Hall–Kier alpha value is -0.450. The minimum Gasteiger partial charge on any atom is -0.327 e. The van der Waals surface area contributed by atoms with Gasteiger partial charge in [-0.15, -0.1) is 11.3 Å². The van der Waals surface area contributed by atoms with E-state index in [1.54, 1.807) is 11.3 Å². The van der Waals surface area contributed by atoms with E-state index in [0.29, 0.717) is 0 Å². The molecule has 1 aromatic rings. The van der Waals surface area contributed by atoms with Crippen LogP contribution in [0.3, 0.4) is 0 Å². The number of hydrogen-bond acceptors (Lipinski definition) is 4. The van der Waals surface area contributed by atoms with Crippen LogP contribution in [0.25, 0.3) is 0 Å². The normalized spacial score (nSPS) is 13.1. The van der Waals surface area contributed by atoms with Crippen molar-refractivity contribution in [2.45, 2.75) is 32.7 Å². The highest BCUT2D eigenvalue weighted by atomic mass is 32.1. The number of hydrogen-bond donors (Lipinski definition) is 2. The molecule has 0 spiro atoms. The zero-order valence-corrected chi connectivity index (χ0v) is 9.73. The Morgan fingerprint density at radius 3 is 3.00 bits per heavy atom. The molecular formula is C10H19N3S. The average molecular weight is 213 g/mol. The van der Waals surface area contributed by atoms with E-state index in [4.69, 9.17) is 5.73 Å². The Bertz CT molecular complexity index is 260. The number of nitrogens with zero attached hydrogens (tertiary/aromatic N) is 1. The second kappa shape index (κ2) is 6.11. The molecule has 4 heteroatoms. The molecule has 0 saturated carbocycles. The second-order valence-electron chi connectivity index (χ2n) is 3.51. The Morgan fingerprint density at radius 2 is 2.43 bits per heavy atom. The lowest BCUT2D eigenvalue weighted by atomic mass is 10.2. The maximum absolute atomic E-state index is 5.78. The van der Waals surface area contributed by atoms with Crippen LogP contribution in [-0.2, 0) is 6.42 Å². The Balaban J connectivity index is 2.10. The van der Waals surface area contributed by atoms with Crippen molar-refractivity contribution in [1.82, 2.24) is 10.3 Å². The molecule has 0 aromatic carbocycles. The van der Waals surface area contributed by atoms with Gasteiger partial charge in [-0.1, -0.05) is 6.92 Å². The molecule has 1 heterocycles. The van der Waals surface area contributed by atoms with E-state index in [9.17, 15) is 0 Å². The van der Waals surface area contributed by atoms with Crippen molar-refractivity contribution >= 4 is 11.3 Å². The molecule has 1 aromatic heterocycles. The van der Waals surface area contributed by atoms with Crippen LogP contribution in [0.1, 0.15) is 24.0 Å². The zero-order chi connectivity index (χ0) is 10.4. The molecule has 1 atom stereocenters. The van der Waals surface area contributed by atoms with Crippen LogP contribution in [0.5, 0.6) is 0 Å². The summed E-state index contributed by atoms with van der Waals surface area (Å²) in [5, 5.41) is 6.63. The molecule has 0 radical (unpaired) electrons. The summed E-state index contributed by atoms with van der Waals surface area (Å²) in [6, 6.07) is 0.285. The van der Waals surface area contributed by atoms with Gasteiger partial charge in [-0.3, -0.25) is 0 Å². The zero-order valence-electron chi connectivity index (χ0n) is 8.92. The van der Waals surface area contributed by atoms with Gasteiger partial charge in [0.25, 0.3) is 0 Å². The molecule has 1 rings (SSSR count). The van der Waals surface area contributed by atoms with Crippen LogP contribution in [0.4, 0.5) is 0 Å². The fourth-order valence-corrected chi connectivity index (χ4v) is 1.92. The Kier molecular flexibility index (Phi) is 5.07. The summed E-state index contributed by atoms with van der Waals surface area (Å²) >= 11 is 1.73. The van der Waals surface area contributed by atoms with Crippen molar-refractivity contribution in [1.29, 1.82) is 0 Å². The molecule has 0 aliphatic rings. The molecule has 3 N–H and O–H groups in total. The fraction of sp³-hybridized carbons (Fsp3) is 0.700. The van der Waals surface area contributed by atoms with E-state index in [2.05, 4.69) is 22.6 Å². The summed E-state index contributed by atoms with van der Waals surface area (Å²) in [5.41, 5.74) is 6.90. The van der Waals surface area contributed by atoms with Gasteiger partial charge in [0.1, 0.15) is 0 Å². The van der Waals surface area contributed by atoms with Crippen LogP contribution in [0.15, 0.2) is 5.38 Å². The van der Waals surface area contributed by atoms with Crippen LogP contribution < -0.4 is 11.1 Å². The van der Waals surface area contributed by atoms with Gasteiger partial charge in [0.15, 0.2) is 0 Å². The van der Waals surface area contributed by atoms with Gasteiger partial charge < -0.3 is 11.1 Å². The van der Waals surface area contributed by atoms with Crippen LogP contribution in [-0.4, -0.2) is 24.1 Å². The lowest BCUT2D eigenvalue weighted by Gasteiger charge is -2.08. The lowest BCUT2D eigenvalue weighted by molar-refractivity contribution is 0.564. The van der Waals surface area contributed by atoms with Gasteiger partial charge in [-0.05, 0) is 13.3 Å². The quantitative estimate of drug-likeness (QED) is 0.701. The van der Waals surface area contributed by atoms with Crippen molar-refractivity contribution in [3.8, 4) is 0 Å². The fourth-order valence-electron chi connectivity index (χ4n) is 1.14. The van der Waals surface area contributed by atoms with Gasteiger partial charge in [0.2, 0.25) is 0 Å². The minimum atomic E-state index is 0.285. The van der Waals surface area contributed by atoms with Gasteiger partial charge in [0, 0.05) is 36.6 Å². The Morgan fingerprint density at radius 1 is 1.64 bits per heavy atom. The monoisotopic (exact) mass is 213 g/mol. The van der Waals surface area contributed by atoms with Gasteiger partial charge in [-0.2, -0.15) is 0 Å². The molecular weight excluding hydrogens is 194 g/mol. The van der Waals surface area contributed by atoms with E-state index in [0.717, 1.165) is 31.6 Å². The summed E-state index contributed by atoms with van der Waals surface area (Å²) in [4.78, 5) is 4.39. The summed E-state index contributed by atoms with van der Waals surface area (Å²) in [6.07, 6.45) is 2.04. The first kappa shape index (κ1) is 11.6. The second-order valence-corrected chi connectivity index (χ2v) is 4.45. The molecule has 0 amide bonds. The molecule has 80 valence electrons. The summed E-state index contributed by atoms with van der Waals surface area (Å²) in [6.45, 7) is 6.01. The predicted molar refractivity (Wildman–Crippen MR) is 61.7 cm³/mol. The third kappa shape index (κ3) is 4.17. The van der Waals surface area contributed by atoms with Crippen molar-refractivity contribution in [3.05, 3.63) is 16.1 Å². The highest BCUT2D eigenvalue weighted by molar-refractivity contribution is 7.09. The minimum absolute atomic E-state index is 0.285. The third-order valence-corrected chi connectivity index (χ3v) is 3.14. The molecule has 0 saturated heterocycles. The van der Waals surface area contributed by atoms with Crippen molar-refractivity contribution < 1.29 is 0 Å². The summed E-state index contributed by atoms with van der Waals surface area (Å²) in [5.74, 6) is 0. The topological polar surface area (TPSA) is 50.9 Å². The molecule has 3 nitrogen and oxygen atoms in total. The van der Waals surface area contributed by atoms with Crippen LogP contribution in [0.2, 0.25) is 0 Å². The highest BCUT2D eigenvalue weighted by Gasteiger charge is 2.00. The SMILES string of the molecule is CCC(N)CNCCc1nc(C)cs1. The largest absolute Gasteiger partial charge is 0.327 e. The van der Waals surface area contributed by atoms with E-state index in [1.165, 1.54) is 5.01 Å². The molecule has 0 aliphatic carbocycles. The molecule has 0 bridgehead atoms. The van der Waals surface area contributed by atoms with E-state index >= 15 is 0 Å². The first-order valence-electron chi connectivity index (χ1n) is 5.09. The van der Waals surface area contributed by atoms with E-state index in [1.807, 2.05) is 6.92 Å². The third-order valence-electron chi connectivity index (χ3n) is 2.11. The van der Waals surface area contributed by atoms with Gasteiger partial charge >= 0.3 is 0 Å². The van der Waals surface area contributed by atoms with Gasteiger partial charge in [0.05, 0.1) is 5.01 Å².